The van der Waals surface area contributed by atoms with Gasteiger partial charge in [-0.25, -0.2) is 0 Å². The van der Waals surface area contributed by atoms with Crippen molar-refractivity contribution in [1.29, 1.82) is 5.26 Å². The Morgan fingerprint density at radius 3 is 2.94 bits per heavy atom. The Hall–Kier alpha value is -1.14. The van der Waals surface area contributed by atoms with Gasteiger partial charge >= 0.3 is 0 Å². The lowest BCUT2D eigenvalue weighted by Crippen LogP contribution is -2.04. The molecule has 17 heavy (non-hydrogen) atoms. The lowest BCUT2D eigenvalue weighted by Gasteiger charge is -2.09. The first-order chi connectivity index (χ1) is 8.38. The van der Waals surface area contributed by atoms with E-state index in [0.717, 1.165) is 23.4 Å². The van der Waals surface area contributed by atoms with Crippen molar-refractivity contribution in [2.45, 2.75) is 30.9 Å². The molecular weight excluding hydrogens is 230 g/mol. The second-order valence-corrected chi connectivity index (χ2v) is 5.67. The zero-order chi connectivity index (χ0) is 11.9. The number of thioether (sulfide) groups is 1. The predicted molar refractivity (Wildman–Crippen MR) is 71.4 cm³/mol. The average Bonchev–Trinajstić information content (AvgIpc) is 2.88. The van der Waals surface area contributed by atoms with Gasteiger partial charge in [-0.05, 0) is 31.0 Å². The number of hydrogen-bond acceptors (Lipinski definition) is 3. The first kappa shape index (κ1) is 12.3. The molecule has 1 aromatic carbocycles. The molecule has 2 rings (SSSR count). The third-order valence-corrected chi connectivity index (χ3v) is 4.32. The molecule has 0 spiro atoms. The fourth-order valence-electron chi connectivity index (χ4n) is 2.08. The Morgan fingerprint density at radius 2 is 2.18 bits per heavy atom. The first-order valence-corrected chi connectivity index (χ1v) is 7.18. The van der Waals surface area contributed by atoms with Crippen LogP contribution in [0.4, 0.5) is 0 Å². The van der Waals surface area contributed by atoms with Crippen molar-refractivity contribution in [2.24, 2.45) is 0 Å². The van der Waals surface area contributed by atoms with Crippen LogP contribution in [0, 0.1) is 11.3 Å². The summed E-state index contributed by atoms with van der Waals surface area (Å²) in [6, 6.07) is 9.46. The summed E-state index contributed by atoms with van der Waals surface area (Å²) in [5.74, 6) is 1.85. The Bertz CT molecular complexity index is 393. The molecule has 0 bridgehead atoms. The van der Waals surface area contributed by atoms with E-state index in [1.54, 1.807) is 12.1 Å². The lowest BCUT2D eigenvalue weighted by atomic mass is 10.2. The number of hydrogen-bond donors (Lipinski definition) is 0. The second kappa shape index (κ2) is 6.56. The van der Waals surface area contributed by atoms with Crippen molar-refractivity contribution in [2.75, 3.05) is 12.4 Å². The minimum absolute atomic E-state index is 0.658. The number of rotatable bonds is 5. The SMILES string of the molecule is N#Cc1cccc(OCCSC2CCCC2)c1. The van der Waals surface area contributed by atoms with Crippen molar-refractivity contribution >= 4 is 11.8 Å². The molecule has 2 nitrogen and oxygen atoms in total. The molecule has 90 valence electrons. The van der Waals surface area contributed by atoms with Crippen LogP contribution in [-0.4, -0.2) is 17.6 Å². The maximum absolute atomic E-state index is 8.77. The second-order valence-electron chi connectivity index (χ2n) is 4.27. The van der Waals surface area contributed by atoms with Crippen LogP contribution in [-0.2, 0) is 0 Å². The van der Waals surface area contributed by atoms with Crippen molar-refractivity contribution in [3.8, 4) is 11.8 Å². The summed E-state index contributed by atoms with van der Waals surface area (Å²) in [5.41, 5.74) is 0.658. The average molecular weight is 247 g/mol. The molecule has 1 aliphatic carbocycles. The van der Waals surface area contributed by atoms with Gasteiger partial charge in [-0.2, -0.15) is 17.0 Å². The molecule has 1 fully saturated rings. The molecule has 1 saturated carbocycles. The number of benzene rings is 1. The number of nitrogens with zero attached hydrogens (tertiary/aromatic N) is 1. The van der Waals surface area contributed by atoms with Gasteiger partial charge in [0.15, 0.2) is 0 Å². The minimum atomic E-state index is 0.658. The van der Waals surface area contributed by atoms with E-state index in [2.05, 4.69) is 6.07 Å². The normalized spacial score (nSPS) is 15.7. The van der Waals surface area contributed by atoms with Gasteiger partial charge in [-0.3, -0.25) is 0 Å². The van der Waals surface area contributed by atoms with E-state index in [1.807, 2.05) is 23.9 Å². The third-order valence-electron chi connectivity index (χ3n) is 2.97. The number of nitriles is 1. The maximum atomic E-state index is 8.77. The van der Waals surface area contributed by atoms with E-state index in [-0.39, 0.29) is 0 Å². The molecule has 3 heteroatoms. The van der Waals surface area contributed by atoms with Crippen LogP contribution in [0.15, 0.2) is 24.3 Å². The highest BCUT2D eigenvalue weighted by atomic mass is 32.2. The highest BCUT2D eigenvalue weighted by molar-refractivity contribution is 7.99. The molecule has 0 heterocycles. The summed E-state index contributed by atoms with van der Waals surface area (Å²) in [7, 11) is 0. The summed E-state index contributed by atoms with van der Waals surface area (Å²) in [6.45, 7) is 0.732. The third kappa shape index (κ3) is 3.98. The summed E-state index contributed by atoms with van der Waals surface area (Å²) in [5, 5.41) is 9.62. The van der Waals surface area contributed by atoms with Crippen LogP contribution in [0.5, 0.6) is 5.75 Å². The maximum Gasteiger partial charge on any atom is 0.120 e. The quantitative estimate of drug-likeness (QED) is 0.745. The van der Waals surface area contributed by atoms with Crippen molar-refractivity contribution in [3.05, 3.63) is 29.8 Å². The summed E-state index contributed by atoms with van der Waals surface area (Å²) in [6.07, 6.45) is 5.52. The van der Waals surface area contributed by atoms with Crippen LogP contribution < -0.4 is 4.74 Å². The van der Waals surface area contributed by atoms with Gasteiger partial charge in [0.25, 0.3) is 0 Å². The molecule has 0 unspecified atom stereocenters. The van der Waals surface area contributed by atoms with Crippen LogP contribution in [0.3, 0.4) is 0 Å². The Balaban J connectivity index is 1.68. The molecule has 0 amide bonds. The standard InChI is InChI=1S/C14H17NOS/c15-11-12-4-3-5-13(10-12)16-8-9-17-14-6-1-2-7-14/h3-5,10,14H,1-2,6-9H2. The van der Waals surface area contributed by atoms with E-state index >= 15 is 0 Å². The molecule has 1 aromatic rings. The lowest BCUT2D eigenvalue weighted by molar-refractivity contribution is 0.343. The van der Waals surface area contributed by atoms with Gasteiger partial charge in [0.2, 0.25) is 0 Å². The van der Waals surface area contributed by atoms with Crippen LogP contribution in [0.2, 0.25) is 0 Å². The Kier molecular flexibility index (Phi) is 4.75. The summed E-state index contributed by atoms with van der Waals surface area (Å²) in [4.78, 5) is 0. The molecular formula is C14H17NOS. The van der Waals surface area contributed by atoms with Crippen LogP contribution in [0.1, 0.15) is 31.2 Å². The Morgan fingerprint density at radius 1 is 1.35 bits per heavy atom. The Labute approximate surface area is 107 Å². The van der Waals surface area contributed by atoms with E-state index < -0.39 is 0 Å². The van der Waals surface area contributed by atoms with Gasteiger partial charge in [0.05, 0.1) is 18.2 Å². The predicted octanol–water partition coefficient (Wildman–Crippen LogP) is 3.61. The van der Waals surface area contributed by atoms with Gasteiger partial charge in [0.1, 0.15) is 5.75 Å². The highest BCUT2D eigenvalue weighted by Crippen LogP contribution is 2.29. The van der Waals surface area contributed by atoms with Gasteiger partial charge < -0.3 is 4.74 Å². The van der Waals surface area contributed by atoms with Crippen molar-refractivity contribution in [3.63, 3.8) is 0 Å². The smallest absolute Gasteiger partial charge is 0.120 e. The fourth-order valence-corrected chi connectivity index (χ4v) is 3.26. The summed E-state index contributed by atoms with van der Waals surface area (Å²) < 4.78 is 5.64. The highest BCUT2D eigenvalue weighted by Gasteiger charge is 2.14. The zero-order valence-corrected chi connectivity index (χ0v) is 10.7. The molecule has 0 aliphatic heterocycles. The fraction of sp³-hybridized carbons (Fsp3) is 0.500. The van der Waals surface area contributed by atoms with Gasteiger partial charge in [0, 0.05) is 11.0 Å². The van der Waals surface area contributed by atoms with Crippen molar-refractivity contribution < 1.29 is 4.74 Å². The van der Waals surface area contributed by atoms with E-state index in [1.165, 1.54) is 25.7 Å². The molecule has 0 atom stereocenters. The van der Waals surface area contributed by atoms with E-state index in [4.69, 9.17) is 10.00 Å². The molecule has 0 N–H and O–H groups in total. The number of ether oxygens (including phenoxy) is 1. The van der Waals surface area contributed by atoms with Gasteiger partial charge in [-0.1, -0.05) is 18.9 Å². The molecule has 0 aromatic heterocycles. The van der Waals surface area contributed by atoms with E-state index in [9.17, 15) is 0 Å². The first-order valence-electron chi connectivity index (χ1n) is 6.13. The van der Waals surface area contributed by atoms with Crippen LogP contribution >= 0.6 is 11.8 Å². The van der Waals surface area contributed by atoms with Gasteiger partial charge in [-0.15, -0.1) is 0 Å². The van der Waals surface area contributed by atoms with Crippen molar-refractivity contribution in [1.82, 2.24) is 0 Å². The van der Waals surface area contributed by atoms with Crippen LogP contribution in [0.25, 0.3) is 0 Å². The molecule has 0 saturated heterocycles. The monoisotopic (exact) mass is 247 g/mol. The topological polar surface area (TPSA) is 33.0 Å². The van der Waals surface area contributed by atoms with E-state index in [0.29, 0.717) is 5.56 Å². The molecule has 1 aliphatic rings. The molecule has 0 radical (unpaired) electrons. The zero-order valence-electron chi connectivity index (χ0n) is 9.89. The summed E-state index contributed by atoms with van der Waals surface area (Å²) >= 11 is 2.02. The minimum Gasteiger partial charge on any atom is -0.493 e. The largest absolute Gasteiger partial charge is 0.493 e.